The maximum Gasteiger partial charge on any atom is 0.308 e. The molecular weight excluding hydrogens is 214 g/mol. The molecule has 1 saturated carbocycles. The lowest BCUT2D eigenvalue weighted by atomic mass is 10.1. The van der Waals surface area contributed by atoms with Crippen LogP contribution in [0.15, 0.2) is 24.3 Å². The lowest BCUT2D eigenvalue weighted by Crippen LogP contribution is -2.23. The van der Waals surface area contributed by atoms with Crippen molar-refractivity contribution in [3.05, 3.63) is 35.4 Å². The molecule has 0 heterocycles. The average Bonchev–Trinajstić information content (AvgIpc) is 3.10. The van der Waals surface area contributed by atoms with Crippen molar-refractivity contribution in [2.24, 2.45) is 5.92 Å². The maximum absolute atomic E-state index is 10.8. The summed E-state index contributed by atoms with van der Waals surface area (Å²) in [5.74, 6) is -0.821. The zero-order chi connectivity index (χ0) is 12.4. The highest BCUT2D eigenvalue weighted by Crippen LogP contribution is 2.35. The van der Waals surface area contributed by atoms with Gasteiger partial charge in [-0.25, -0.2) is 0 Å². The smallest absolute Gasteiger partial charge is 0.308 e. The second kappa shape index (κ2) is 4.88. The van der Waals surface area contributed by atoms with Crippen LogP contribution in [0.3, 0.4) is 0 Å². The van der Waals surface area contributed by atoms with Crippen molar-refractivity contribution in [1.29, 1.82) is 0 Å². The van der Waals surface area contributed by atoms with Crippen LogP contribution in [-0.2, 0) is 17.8 Å². The molecule has 1 N–H and O–H groups in total. The van der Waals surface area contributed by atoms with E-state index in [0.717, 1.165) is 19.4 Å². The summed E-state index contributed by atoms with van der Waals surface area (Å²) < 4.78 is 0. The molecule has 3 nitrogen and oxygen atoms in total. The van der Waals surface area contributed by atoms with E-state index in [2.05, 4.69) is 36.1 Å². The van der Waals surface area contributed by atoms with E-state index < -0.39 is 5.97 Å². The summed E-state index contributed by atoms with van der Waals surface area (Å²) in [5, 5.41) is 8.88. The standard InChI is InChI=1S/C14H19NO2/c1-3-10-4-6-11(7-5-10)9-15(2)13-8-12(13)14(16)17/h4-7,12-13H,3,8-9H2,1-2H3,(H,16,17). The van der Waals surface area contributed by atoms with E-state index in [1.807, 2.05) is 7.05 Å². The minimum atomic E-state index is -0.664. The molecule has 0 spiro atoms. The molecule has 1 aliphatic carbocycles. The Labute approximate surface area is 102 Å². The van der Waals surface area contributed by atoms with Gasteiger partial charge >= 0.3 is 5.97 Å². The van der Waals surface area contributed by atoms with Gasteiger partial charge in [-0.2, -0.15) is 0 Å². The summed E-state index contributed by atoms with van der Waals surface area (Å²) in [7, 11) is 2.00. The number of carbonyl (C=O) groups is 1. The number of aryl methyl sites for hydroxylation is 1. The van der Waals surface area contributed by atoms with Gasteiger partial charge in [0.15, 0.2) is 0 Å². The Kier molecular flexibility index (Phi) is 3.48. The average molecular weight is 233 g/mol. The van der Waals surface area contributed by atoms with E-state index in [1.54, 1.807) is 0 Å². The number of hydrogen-bond donors (Lipinski definition) is 1. The molecule has 2 atom stereocenters. The molecule has 1 fully saturated rings. The Morgan fingerprint density at radius 3 is 2.41 bits per heavy atom. The first kappa shape index (κ1) is 12.1. The molecule has 0 aromatic heterocycles. The number of aliphatic carboxylic acids is 1. The fourth-order valence-electron chi connectivity index (χ4n) is 2.22. The molecule has 0 saturated heterocycles. The zero-order valence-electron chi connectivity index (χ0n) is 10.4. The van der Waals surface area contributed by atoms with Crippen molar-refractivity contribution in [1.82, 2.24) is 4.90 Å². The number of rotatable bonds is 5. The summed E-state index contributed by atoms with van der Waals surface area (Å²) in [6, 6.07) is 8.77. The van der Waals surface area contributed by atoms with E-state index in [0.29, 0.717) is 0 Å². The number of hydrogen-bond acceptors (Lipinski definition) is 2. The molecule has 2 rings (SSSR count). The van der Waals surface area contributed by atoms with Crippen LogP contribution in [0.1, 0.15) is 24.5 Å². The number of carboxylic acid groups (broad SMARTS) is 1. The Morgan fingerprint density at radius 1 is 1.35 bits per heavy atom. The second-order valence-corrected chi connectivity index (χ2v) is 4.83. The zero-order valence-corrected chi connectivity index (χ0v) is 10.4. The molecule has 0 bridgehead atoms. The highest BCUT2D eigenvalue weighted by atomic mass is 16.4. The van der Waals surface area contributed by atoms with Crippen LogP contribution in [0.2, 0.25) is 0 Å². The maximum atomic E-state index is 10.8. The first-order chi connectivity index (χ1) is 8.11. The van der Waals surface area contributed by atoms with Gasteiger partial charge in [0.05, 0.1) is 5.92 Å². The molecule has 1 aliphatic rings. The Morgan fingerprint density at radius 2 is 1.94 bits per heavy atom. The molecule has 92 valence electrons. The summed E-state index contributed by atoms with van der Waals surface area (Å²) in [6.45, 7) is 2.97. The van der Waals surface area contributed by atoms with E-state index in [1.165, 1.54) is 11.1 Å². The predicted octanol–water partition coefficient (Wildman–Crippen LogP) is 2.15. The van der Waals surface area contributed by atoms with E-state index >= 15 is 0 Å². The molecule has 0 aliphatic heterocycles. The topological polar surface area (TPSA) is 40.5 Å². The highest BCUT2D eigenvalue weighted by molar-refractivity contribution is 5.74. The summed E-state index contributed by atoms with van der Waals surface area (Å²) in [4.78, 5) is 12.9. The van der Waals surface area contributed by atoms with Gasteiger partial charge in [-0.15, -0.1) is 0 Å². The molecule has 17 heavy (non-hydrogen) atoms. The van der Waals surface area contributed by atoms with Crippen molar-refractivity contribution in [2.45, 2.75) is 32.4 Å². The number of carboxylic acids is 1. The van der Waals surface area contributed by atoms with Gasteiger partial charge in [-0.05, 0) is 31.0 Å². The molecule has 1 aromatic carbocycles. The largest absolute Gasteiger partial charge is 0.481 e. The van der Waals surface area contributed by atoms with Crippen LogP contribution in [0.4, 0.5) is 0 Å². The fourth-order valence-corrected chi connectivity index (χ4v) is 2.22. The summed E-state index contributed by atoms with van der Waals surface area (Å²) >= 11 is 0. The molecule has 0 radical (unpaired) electrons. The Balaban J connectivity index is 1.90. The first-order valence-corrected chi connectivity index (χ1v) is 6.12. The van der Waals surface area contributed by atoms with Crippen molar-refractivity contribution in [3.8, 4) is 0 Å². The minimum Gasteiger partial charge on any atom is -0.481 e. The third-order valence-corrected chi connectivity index (χ3v) is 3.50. The minimum absolute atomic E-state index is 0.157. The molecule has 0 amide bonds. The number of nitrogens with zero attached hydrogens (tertiary/aromatic N) is 1. The normalized spacial score (nSPS) is 22.8. The van der Waals surface area contributed by atoms with Gasteiger partial charge in [-0.3, -0.25) is 9.69 Å². The highest BCUT2D eigenvalue weighted by Gasteiger charge is 2.45. The van der Waals surface area contributed by atoms with Crippen molar-refractivity contribution in [2.75, 3.05) is 7.05 Å². The molecule has 1 aromatic rings. The van der Waals surface area contributed by atoms with E-state index in [9.17, 15) is 4.79 Å². The van der Waals surface area contributed by atoms with E-state index in [4.69, 9.17) is 5.11 Å². The van der Waals surface area contributed by atoms with Crippen LogP contribution in [-0.4, -0.2) is 29.1 Å². The van der Waals surface area contributed by atoms with Gasteiger partial charge in [0, 0.05) is 12.6 Å². The number of benzene rings is 1. The lowest BCUT2D eigenvalue weighted by molar-refractivity contribution is -0.138. The van der Waals surface area contributed by atoms with Crippen molar-refractivity contribution in [3.63, 3.8) is 0 Å². The van der Waals surface area contributed by atoms with Crippen LogP contribution in [0, 0.1) is 5.92 Å². The summed E-state index contributed by atoms with van der Waals surface area (Å²) in [6.07, 6.45) is 1.85. The van der Waals surface area contributed by atoms with Crippen molar-refractivity contribution >= 4 is 5.97 Å². The van der Waals surface area contributed by atoms with Crippen molar-refractivity contribution < 1.29 is 9.90 Å². The van der Waals surface area contributed by atoms with Crippen LogP contribution in [0.25, 0.3) is 0 Å². The first-order valence-electron chi connectivity index (χ1n) is 6.12. The van der Waals surface area contributed by atoms with Crippen LogP contribution in [0.5, 0.6) is 0 Å². The predicted molar refractivity (Wildman–Crippen MR) is 66.8 cm³/mol. The van der Waals surface area contributed by atoms with Gasteiger partial charge in [-0.1, -0.05) is 31.2 Å². The fraction of sp³-hybridized carbons (Fsp3) is 0.500. The monoisotopic (exact) mass is 233 g/mol. The lowest BCUT2D eigenvalue weighted by Gasteiger charge is -2.16. The van der Waals surface area contributed by atoms with Gasteiger partial charge < -0.3 is 5.11 Å². The van der Waals surface area contributed by atoms with Crippen LogP contribution < -0.4 is 0 Å². The SMILES string of the molecule is CCc1ccc(CN(C)C2CC2C(=O)O)cc1. The van der Waals surface area contributed by atoms with E-state index in [-0.39, 0.29) is 12.0 Å². The molecule has 2 unspecified atom stereocenters. The quantitative estimate of drug-likeness (QED) is 0.847. The van der Waals surface area contributed by atoms with Crippen LogP contribution >= 0.6 is 0 Å². The second-order valence-electron chi connectivity index (χ2n) is 4.83. The third kappa shape index (κ3) is 2.86. The van der Waals surface area contributed by atoms with Gasteiger partial charge in [0.1, 0.15) is 0 Å². The molecule has 3 heteroatoms. The Bertz CT molecular complexity index is 399. The summed E-state index contributed by atoms with van der Waals surface area (Å²) in [5.41, 5.74) is 2.59. The molecular formula is C14H19NO2. The third-order valence-electron chi connectivity index (χ3n) is 3.50. The van der Waals surface area contributed by atoms with Gasteiger partial charge in [0.25, 0.3) is 0 Å². The van der Waals surface area contributed by atoms with Gasteiger partial charge in [0.2, 0.25) is 0 Å². The Hall–Kier alpha value is -1.35.